The lowest BCUT2D eigenvalue weighted by atomic mass is 10.3. The molecule has 2 aromatic rings. The second-order valence-corrected chi connectivity index (χ2v) is 5.13. The van der Waals surface area contributed by atoms with E-state index in [1.807, 2.05) is 6.07 Å². The van der Waals surface area contributed by atoms with Crippen molar-refractivity contribution in [3.05, 3.63) is 51.2 Å². The van der Waals surface area contributed by atoms with Gasteiger partial charge in [-0.1, -0.05) is 15.9 Å². The summed E-state index contributed by atoms with van der Waals surface area (Å²) in [6.07, 6.45) is 0. The first kappa shape index (κ1) is 12.4. The molecule has 5 heteroatoms. The third-order valence-corrected chi connectivity index (χ3v) is 3.23. The summed E-state index contributed by atoms with van der Waals surface area (Å²) >= 11 is 6.40. The van der Waals surface area contributed by atoms with Crippen molar-refractivity contribution in [3.8, 4) is 11.5 Å². The van der Waals surface area contributed by atoms with Gasteiger partial charge in [0, 0.05) is 10.5 Å². The largest absolute Gasteiger partial charge is 0.455 e. The van der Waals surface area contributed by atoms with Gasteiger partial charge in [-0.25, -0.2) is 4.39 Å². The summed E-state index contributed by atoms with van der Waals surface area (Å²) in [4.78, 5) is 0. The summed E-state index contributed by atoms with van der Waals surface area (Å²) in [5.41, 5.74) is 6.25. The van der Waals surface area contributed by atoms with E-state index in [0.29, 0.717) is 21.7 Å². The Labute approximate surface area is 115 Å². The Morgan fingerprint density at radius 1 is 1.06 bits per heavy atom. The monoisotopic (exact) mass is 359 g/mol. The molecule has 0 aliphatic heterocycles. The molecule has 0 amide bonds. The smallest absolute Gasteiger partial charge is 0.151 e. The molecule has 0 unspecified atom stereocenters. The molecule has 2 N–H and O–H groups in total. The molecule has 88 valence electrons. The van der Waals surface area contributed by atoms with Gasteiger partial charge in [0.25, 0.3) is 0 Å². The Morgan fingerprint density at radius 3 is 2.53 bits per heavy atom. The number of nitrogens with two attached hydrogens (primary N) is 1. The summed E-state index contributed by atoms with van der Waals surface area (Å²) in [6.45, 7) is 0. The topological polar surface area (TPSA) is 35.2 Å². The number of halogens is 3. The zero-order valence-corrected chi connectivity index (χ0v) is 11.8. The lowest BCUT2D eigenvalue weighted by molar-refractivity contribution is 0.478. The zero-order chi connectivity index (χ0) is 12.4. The second kappa shape index (κ2) is 5.06. The first-order valence-corrected chi connectivity index (χ1v) is 6.33. The molecule has 0 bridgehead atoms. The number of hydrogen-bond donors (Lipinski definition) is 1. The summed E-state index contributed by atoms with van der Waals surface area (Å²) in [6, 6.07) is 9.80. The zero-order valence-electron chi connectivity index (χ0n) is 8.58. The molecule has 2 aromatic carbocycles. The first-order chi connectivity index (χ1) is 8.06. The summed E-state index contributed by atoms with van der Waals surface area (Å²) in [5, 5.41) is 0. The highest BCUT2D eigenvalue weighted by molar-refractivity contribution is 9.10. The van der Waals surface area contributed by atoms with Crippen molar-refractivity contribution in [3.63, 3.8) is 0 Å². The van der Waals surface area contributed by atoms with E-state index in [1.165, 1.54) is 6.07 Å². The minimum Gasteiger partial charge on any atom is -0.455 e. The highest BCUT2D eigenvalue weighted by Crippen LogP contribution is 2.31. The maximum Gasteiger partial charge on any atom is 0.151 e. The van der Waals surface area contributed by atoms with Crippen molar-refractivity contribution in [2.45, 2.75) is 0 Å². The fraction of sp³-hybridized carbons (Fsp3) is 0. The van der Waals surface area contributed by atoms with Gasteiger partial charge in [-0.15, -0.1) is 0 Å². The second-order valence-electron chi connectivity index (χ2n) is 3.36. The molecule has 0 radical (unpaired) electrons. The highest BCUT2D eigenvalue weighted by Gasteiger charge is 2.05. The van der Waals surface area contributed by atoms with Crippen LogP contribution in [0, 0.1) is 5.82 Å². The molecule has 2 rings (SSSR count). The van der Waals surface area contributed by atoms with Gasteiger partial charge in [0.1, 0.15) is 11.6 Å². The number of anilines is 1. The Hall–Kier alpha value is -1.07. The van der Waals surface area contributed by atoms with E-state index in [-0.39, 0.29) is 5.82 Å². The summed E-state index contributed by atoms with van der Waals surface area (Å²) in [7, 11) is 0. The lowest BCUT2D eigenvalue weighted by Gasteiger charge is -2.09. The van der Waals surface area contributed by atoms with E-state index < -0.39 is 0 Å². The Morgan fingerprint density at radius 2 is 1.82 bits per heavy atom. The standard InChI is InChI=1S/C12H8Br2FNO/c13-7-1-4-11(16)12(5-7)17-8-2-3-9(14)10(15)6-8/h1-6H,16H2. The maximum atomic E-state index is 13.3. The van der Waals surface area contributed by atoms with Crippen LogP contribution < -0.4 is 10.5 Å². The van der Waals surface area contributed by atoms with Crippen LogP contribution in [0.4, 0.5) is 10.1 Å². The average molecular weight is 361 g/mol. The van der Waals surface area contributed by atoms with Crippen molar-refractivity contribution in [1.82, 2.24) is 0 Å². The number of rotatable bonds is 2. The molecular weight excluding hydrogens is 353 g/mol. The van der Waals surface area contributed by atoms with E-state index in [4.69, 9.17) is 10.5 Å². The summed E-state index contributed by atoms with van der Waals surface area (Å²) in [5.74, 6) is 0.507. The third kappa shape index (κ3) is 2.98. The van der Waals surface area contributed by atoms with Gasteiger partial charge in [0.05, 0.1) is 10.2 Å². The van der Waals surface area contributed by atoms with E-state index in [1.54, 1.807) is 24.3 Å². The maximum absolute atomic E-state index is 13.3. The van der Waals surface area contributed by atoms with Crippen LogP contribution in [0.15, 0.2) is 45.3 Å². The molecule has 0 saturated heterocycles. The van der Waals surface area contributed by atoms with Crippen LogP contribution in [0.5, 0.6) is 11.5 Å². The van der Waals surface area contributed by atoms with Gasteiger partial charge in [0.2, 0.25) is 0 Å². The molecule has 0 saturated carbocycles. The van der Waals surface area contributed by atoms with Crippen molar-refractivity contribution < 1.29 is 9.13 Å². The van der Waals surface area contributed by atoms with Crippen LogP contribution in [0.2, 0.25) is 0 Å². The van der Waals surface area contributed by atoms with Gasteiger partial charge >= 0.3 is 0 Å². The molecule has 0 spiro atoms. The van der Waals surface area contributed by atoms with Crippen LogP contribution in [0.3, 0.4) is 0 Å². The average Bonchev–Trinajstić information content (AvgIpc) is 2.29. The van der Waals surface area contributed by atoms with Crippen molar-refractivity contribution in [1.29, 1.82) is 0 Å². The van der Waals surface area contributed by atoms with Gasteiger partial charge in [0.15, 0.2) is 5.75 Å². The molecular formula is C12H8Br2FNO. The number of ether oxygens (including phenoxy) is 1. The number of hydrogen-bond acceptors (Lipinski definition) is 2. The molecule has 0 aromatic heterocycles. The van der Waals surface area contributed by atoms with Gasteiger partial charge in [-0.3, -0.25) is 0 Å². The van der Waals surface area contributed by atoms with Crippen molar-refractivity contribution >= 4 is 37.5 Å². The van der Waals surface area contributed by atoms with E-state index in [0.717, 1.165) is 4.47 Å². The van der Waals surface area contributed by atoms with Gasteiger partial charge in [-0.05, 0) is 46.3 Å². The van der Waals surface area contributed by atoms with E-state index in [9.17, 15) is 4.39 Å². The predicted octanol–water partition coefficient (Wildman–Crippen LogP) is 4.73. The molecule has 17 heavy (non-hydrogen) atoms. The molecule has 0 atom stereocenters. The Kier molecular flexibility index (Phi) is 3.69. The quantitative estimate of drug-likeness (QED) is 0.786. The summed E-state index contributed by atoms with van der Waals surface area (Å²) < 4.78 is 20.0. The van der Waals surface area contributed by atoms with Crippen LogP contribution in [-0.2, 0) is 0 Å². The molecule has 2 nitrogen and oxygen atoms in total. The van der Waals surface area contributed by atoms with E-state index in [2.05, 4.69) is 31.9 Å². The fourth-order valence-electron chi connectivity index (χ4n) is 1.26. The van der Waals surface area contributed by atoms with E-state index >= 15 is 0 Å². The number of nitrogen functional groups attached to an aromatic ring is 1. The predicted molar refractivity (Wildman–Crippen MR) is 72.7 cm³/mol. The molecule has 0 aliphatic rings. The Bertz CT molecular complexity index is 560. The van der Waals surface area contributed by atoms with Crippen LogP contribution in [0.25, 0.3) is 0 Å². The SMILES string of the molecule is Nc1ccc(Br)cc1Oc1ccc(Br)c(F)c1. The lowest BCUT2D eigenvalue weighted by Crippen LogP contribution is -1.92. The molecule has 0 aliphatic carbocycles. The van der Waals surface area contributed by atoms with Crippen LogP contribution in [-0.4, -0.2) is 0 Å². The van der Waals surface area contributed by atoms with Crippen molar-refractivity contribution in [2.24, 2.45) is 0 Å². The fourth-order valence-corrected chi connectivity index (χ4v) is 1.85. The van der Waals surface area contributed by atoms with Crippen LogP contribution in [0.1, 0.15) is 0 Å². The first-order valence-electron chi connectivity index (χ1n) is 4.74. The van der Waals surface area contributed by atoms with Gasteiger partial charge in [-0.2, -0.15) is 0 Å². The Balaban J connectivity index is 2.31. The normalized spacial score (nSPS) is 10.3. The third-order valence-electron chi connectivity index (χ3n) is 2.09. The highest BCUT2D eigenvalue weighted by atomic mass is 79.9. The van der Waals surface area contributed by atoms with Crippen molar-refractivity contribution in [2.75, 3.05) is 5.73 Å². The van der Waals surface area contributed by atoms with Crippen LogP contribution >= 0.6 is 31.9 Å². The minimum atomic E-state index is -0.379. The minimum absolute atomic E-state index is 0.379. The molecule has 0 heterocycles. The number of benzene rings is 2. The molecule has 0 fully saturated rings. The van der Waals surface area contributed by atoms with Gasteiger partial charge < -0.3 is 10.5 Å².